The molecule has 1 amide bonds. The van der Waals surface area contributed by atoms with Crippen LogP contribution in [0.25, 0.3) is 0 Å². The monoisotopic (exact) mass is 527 g/mol. The molecule has 1 aliphatic rings. The Kier molecular flexibility index (Phi) is 8.64. The van der Waals surface area contributed by atoms with Crippen LogP contribution in [0.4, 0.5) is 5.69 Å². The summed E-state index contributed by atoms with van der Waals surface area (Å²) in [5.41, 5.74) is 3.55. The van der Waals surface area contributed by atoms with Crippen LogP contribution in [0, 0.1) is 6.92 Å². The normalized spacial score (nSPS) is 14.4. The summed E-state index contributed by atoms with van der Waals surface area (Å²) >= 11 is 5.94. The Hall–Kier alpha value is -2.91. The fourth-order valence-electron chi connectivity index (χ4n) is 3.93. The summed E-state index contributed by atoms with van der Waals surface area (Å²) in [6.45, 7) is 6.12. The molecule has 36 heavy (non-hydrogen) atoms. The molecule has 1 fully saturated rings. The van der Waals surface area contributed by atoms with E-state index in [0.29, 0.717) is 17.3 Å². The highest BCUT2D eigenvalue weighted by atomic mass is 35.5. The molecule has 3 aromatic rings. The molecule has 1 heterocycles. The van der Waals surface area contributed by atoms with Gasteiger partial charge in [-0.15, -0.1) is 0 Å². The molecule has 0 saturated carbocycles. The van der Waals surface area contributed by atoms with Crippen molar-refractivity contribution in [3.05, 3.63) is 94.5 Å². The number of aryl methyl sites for hydroxylation is 1. The van der Waals surface area contributed by atoms with E-state index in [4.69, 9.17) is 16.3 Å². The minimum Gasteiger partial charge on any atom is -0.379 e. The van der Waals surface area contributed by atoms with Gasteiger partial charge in [0.2, 0.25) is 5.91 Å². The van der Waals surface area contributed by atoms with Gasteiger partial charge in [0.05, 0.1) is 23.8 Å². The number of carbonyl (C=O) groups is 1. The van der Waals surface area contributed by atoms with Crippen LogP contribution in [0.1, 0.15) is 16.7 Å². The van der Waals surface area contributed by atoms with Crippen molar-refractivity contribution < 1.29 is 17.9 Å². The summed E-state index contributed by atoms with van der Waals surface area (Å²) in [7, 11) is -3.98. The van der Waals surface area contributed by atoms with E-state index in [-0.39, 0.29) is 11.4 Å². The van der Waals surface area contributed by atoms with Gasteiger partial charge in [0, 0.05) is 31.2 Å². The Bertz CT molecular complexity index is 1260. The van der Waals surface area contributed by atoms with Crippen LogP contribution in [0.5, 0.6) is 0 Å². The largest absolute Gasteiger partial charge is 0.379 e. The van der Waals surface area contributed by atoms with Crippen molar-refractivity contribution in [1.82, 2.24) is 10.2 Å². The quantitative estimate of drug-likeness (QED) is 0.455. The molecule has 0 bridgehead atoms. The van der Waals surface area contributed by atoms with E-state index in [1.54, 1.807) is 12.1 Å². The number of nitrogens with zero attached hydrogens (tertiary/aromatic N) is 2. The van der Waals surface area contributed by atoms with Crippen molar-refractivity contribution in [1.29, 1.82) is 0 Å². The molecule has 9 heteroatoms. The number of ether oxygens (including phenoxy) is 1. The van der Waals surface area contributed by atoms with Gasteiger partial charge in [-0.1, -0.05) is 53.6 Å². The fraction of sp³-hybridized carbons (Fsp3) is 0.296. The third kappa shape index (κ3) is 6.85. The van der Waals surface area contributed by atoms with Crippen molar-refractivity contribution in [3.63, 3.8) is 0 Å². The van der Waals surface area contributed by atoms with Gasteiger partial charge in [0.1, 0.15) is 6.54 Å². The summed E-state index contributed by atoms with van der Waals surface area (Å²) in [5, 5.41) is 3.29. The number of hydrogen-bond acceptors (Lipinski definition) is 5. The minimum absolute atomic E-state index is 0.0659. The lowest BCUT2D eigenvalue weighted by Crippen LogP contribution is -2.40. The van der Waals surface area contributed by atoms with Gasteiger partial charge >= 0.3 is 0 Å². The SMILES string of the molecule is Cc1ccc(N(CC(=O)NCc2ccc(CN3CCOCC3)cc2)S(=O)(=O)c2ccc(Cl)cc2)cc1. The number of halogens is 1. The molecule has 1 aliphatic heterocycles. The molecular formula is C27H30ClN3O4S. The van der Waals surface area contributed by atoms with Crippen molar-refractivity contribution in [2.75, 3.05) is 37.2 Å². The number of amides is 1. The third-order valence-corrected chi connectivity index (χ3v) is 8.07. The lowest BCUT2D eigenvalue weighted by molar-refractivity contribution is -0.119. The second-order valence-electron chi connectivity index (χ2n) is 8.78. The molecule has 0 atom stereocenters. The molecule has 0 unspecified atom stereocenters. The number of nitrogens with one attached hydrogen (secondary N) is 1. The number of carbonyl (C=O) groups excluding carboxylic acids is 1. The number of morpholine rings is 1. The zero-order valence-electron chi connectivity index (χ0n) is 20.2. The van der Waals surface area contributed by atoms with Gasteiger partial charge in [0.25, 0.3) is 10.0 Å². The molecule has 0 aliphatic carbocycles. The smallest absolute Gasteiger partial charge is 0.264 e. The van der Waals surface area contributed by atoms with Gasteiger partial charge in [-0.25, -0.2) is 8.42 Å². The van der Waals surface area contributed by atoms with E-state index in [9.17, 15) is 13.2 Å². The topological polar surface area (TPSA) is 79.0 Å². The molecular weight excluding hydrogens is 498 g/mol. The zero-order chi connectivity index (χ0) is 25.5. The number of anilines is 1. The summed E-state index contributed by atoms with van der Waals surface area (Å²) < 4.78 is 33.4. The van der Waals surface area contributed by atoms with E-state index in [2.05, 4.69) is 22.3 Å². The van der Waals surface area contributed by atoms with Crippen LogP contribution in [0.15, 0.2) is 77.7 Å². The fourth-order valence-corrected chi connectivity index (χ4v) is 5.47. The predicted molar refractivity (Wildman–Crippen MR) is 142 cm³/mol. The first-order valence-corrected chi connectivity index (χ1v) is 13.6. The maximum atomic E-state index is 13.4. The second kappa shape index (κ2) is 11.9. The van der Waals surface area contributed by atoms with E-state index in [1.807, 2.05) is 31.2 Å². The number of hydrogen-bond donors (Lipinski definition) is 1. The van der Waals surface area contributed by atoms with Gasteiger partial charge in [-0.05, 0) is 54.4 Å². The molecule has 190 valence electrons. The number of rotatable bonds is 9. The van der Waals surface area contributed by atoms with Crippen molar-refractivity contribution in [3.8, 4) is 0 Å². The standard InChI is InChI=1S/C27H30ClN3O4S/c1-21-2-10-25(11-3-21)31(36(33,34)26-12-8-24(28)9-13-26)20-27(32)29-18-22-4-6-23(7-5-22)19-30-14-16-35-17-15-30/h2-13H,14-20H2,1H3,(H,29,32). The van der Waals surface area contributed by atoms with Gasteiger partial charge in [-0.2, -0.15) is 0 Å². The van der Waals surface area contributed by atoms with Crippen LogP contribution in [-0.2, 0) is 32.6 Å². The van der Waals surface area contributed by atoms with Gasteiger partial charge in [0.15, 0.2) is 0 Å². The maximum absolute atomic E-state index is 13.4. The van der Waals surface area contributed by atoms with Gasteiger partial charge in [-0.3, -0.25) is 14.0 Å². The molecule has 1 saturated heterocycles. The number of sulfonamides is 1. The highest BCUT2D eigenvalue weighted by Crippen LogP contribution is 2.25. The van der Waals surface area contributed by atoms with E-state index >= 15 is 0 Å². The average Bonchev–Trinajstić information content (AvgIpc) is 2.88. The molecule has 3 aromatic carbocycles. The Morgan fingerprint density at radius 3 is 2.19 bits per heavy atom. The predicted octanol–water partition coefficient (Wildman–Crippen LogP) is 3.99. The van der Waals surface area contributed by atoms with Crippen LogP contribution >= 0.6 is 11.6 Å². The lowest BCUT2D eigenvalue weighted by Gasteiger charge is -2.26. The van der Waals surface area contributed by atoms with E-state index < -0.39 is 15.9 Å². The molecule has 0 spiro atoms. The third-order valence-electron chi connectivity index (χ3n) is 6.03. The van der Waals surface area contributed by atoms with Crippen LogP contribution in [0.3, 0.4) is 0 Å². The van der Waals surface area contributed by atoms with Crippen LogP contribution in [0.2, 0.25) is 5.02 Å². The van der Waals surface area contributed by atoms with Crippen molar-refractivity contribution >= 4 is 33.2 Å². The molecule has 0 aromatic heterocycles. The van der Waals surface area contributed by atoms with Crippen LogP contribution in [-0.4, -0.2) is 52.1 Å². The van der Waals surface area contributed by atoms with Crippen LogP contribution < -0.4 is 9.62 Å². The lowest BCUT2D eigenvalue weighted by atomic mass is 10.1. The average molecular weight is 528 g/mol. The van der Waals surface area contributed by atoms with Crippen molar-refractivity contribution in [2.24, 2.45) is 0 Å². The van der Waals surface area contributed by atoms with Gasteiger partial charge < -0.3 is 10.1 Å². The highest BCUT2D eigenvalue weighted by molar-refractivity contribution is 7.92. The Balaban J connectivity index is 1.42. The van der Waals surface area contributed by atoms with E-state index in [1.165, 1.54) is 29.8 Å². The molecule has 7 nitrogen and oxygen atoms in total. The molecule has 1 N–H and O–H groups in total. The second-order valence-corrected chi connectivity index (χ2v) is 11.1. The minimum atomic E-state index is -3.98. The Morgan fingerprint density at radius 2 is 1.56 bits per heavy atom. The Morgan fingerprint density at radius 1 is 0.944 bits per heavy atom. The first kappa shape index (κ1) is 26.2. The summed E-state index contributed by atoms with van der Waals surface area (Å²) in [5.74, 6) is -0.398. The summed E-state index contributed by atoms with van der Waals surface area (Å²) in [6.07, 6.45) is 0. The highest BCUT2D eigenvalue weighted by Gasteiger charge is 2.27. The zero-order valence-corrected chi connectivity index (χ0v) is 21.8. The molecule has 0 radical (unpaired) electrons. The maximum Gasteiger partial charge on any atom is 0.264 e. The first-order chi connectivity index (χ1) is 17.3. The Labute approximate surface area is 217 Å². The molecule has 4 rings (SSSR count). The summed E-state index contributed by atoms with van der Waals surface area (Å²) in [4.78, 5) is 15.3. The van der Waals surface area contributed by atoms with E-state index in [0.717, 1.165) is 48.3 Å². The first-order valence-electron chi connectivity index (χ1n) is 11.8. The summed E-state index contributed by atoms with van der Waals surface area (Å²) in [6, 6.07) is 21.0. The number of benzene rings is 3. The van der Waals surface area contributed by atoms with Crippen molar-refractivity contribution in [2.45, 2.75) is 24.9 Å².